The van der Waals surface area contributed by atoms with Gasteiger partial charge in [-0.2, -0.15) is 4.98 Å². The average molecular weight is 421 g/mol. The topological polar surface area (TPSA) is 85.3 Å². The van der Waals surface area contributed by atoms with Gasteiger partial charge in [0, 0.05) is 24.4 Å². The summed E-state index contributed by atoms with van der Waals surface area (Å²) in [6, 6.07) is 15.8. The van der Waals surface area contributed by atoms with Crippen LogP contribution in [0.2, 0.25) is 0 Å². The quantitative estimate of drug-likeness (QED) is 0.494. The van der Waals surface area contributed by atoms with Crippen molar-refractivity contribution in [2.45, 2.75) is 26.2 Å². The second kappa shape index (κ2) is 7.79. The number of benzene rings is 2. The molecule has 0 fully saturated rings. The summed E-state index contributed by atoms with van der Waals surface area (Å²) in [6.45, 7) is 2.46. The first kappa shape index (κ1) is 20.5. The van der Waals surface area contributed by atoms with Gasteiger partial charge in [0.2, 0.25) is 11.9 Å². The SMILES string of the molecule is Cc1cc(NC(=O)Cc2ccc(-c3ccn4nc(N)nc4c3)cc2)ccc1C(C)(F)F. The van der Waals surface area contributed by atoms with E-state index in [0.29, 0.717) is 16.9 Å². The number of hydrogen-bond acceptors (Lipinski definition) is 4. The van der Waals surface area contributed by atoms with E-state index in [2.05, 4.69) is 15.4 Å². The number of carbonyl (C=O) groups is 1. The smallest absolute Gasteiger partial charge is 0.270 e. The number of halogens is 2. The number of aryl methyl sites for hydroxylation is 1. The van der Waals surface area contributed by atoms with Gasteiger partial charge in [-0.1, -0.05) is 30.3 Å². The largest absolute Gasteiger partial charge is 0.366 e. The molecule has 2 heterocycles. The second-order valence-electron chi connectivity index (χ2n) is 7.53. The predicted octanol–water partition coefficient (Wildman–Crippen LogP) is 4.58. The first-order chi connectivity index (χ1) is 14.7. The molecule has 8 heteroatoms. The van der Waals surface area contributed by atoms with E-state index in [0.717, 1.165) is 23.6 Å². The molecule has 0 aliphatic rings. The van der Waals surface area contributed by atoms with Crippen LogP contribution in [0.3, 0.4) is 0 Å². The standard InChI is InChI=1S/C23H21F2N5O/c1-14-11-18(7-8-19(14)23(2,24)25)27-21(31)12-15-3-5-16(6-4-15)17-9-10-30-20(13-17)28-22(26)29-30/h3-11,13H,12H2,1-2H3,(H2,26,29)(H,27,31). The van der Waals surface area contributed by atoms with Crippen molar-refractivity contribution in [2.24, 2.45) is 0 Å². The molecule has 0 aliphatic heterocycles. The van der Waals surface area contributed by atoms with Crippen LogP contribution >= 0.6 is 0 Å². The molecule has 2 aromatic heterocycles. The number of nitrogen functional groups attached to an aromatic ring is 1. The molecule has 0 atom stereocenters. The van der Waals surface area contributed by atoms with Crippen LogP contribution in [-0.4, -0.2) is 20.5 Å². The molecular weight excluding hydrogens is 400 g/mol. The predicted molar refractivity (Wildman–Crippen MR) is 116 cm³/mol. The van der Waals surface area contributed by atoms with Gasteiger partial charge in [0.15, 0.2) is 5.65 Å². The van der Waals surface area contributed by atoms with Gasteiger partial charge in [0.1, 0.15) is 0 Å². The third-order valence-electron chi connectivity index (χ3n) is 4.99. The molecule has 0 saturated heterocycles. The first-order valence-corrected chi connectivity index (χ1v) is 9.69. The first-order valence-electron chi connectivity index (χ1n) is 9.69. The van der Waals surface area contributed by atoms with Crippen molar-refractivity contribution in [3.63, 3.8) is 0 Å². The van der Waals surface area contributed by atoms with E-state index < -0.39 is 5.92 Å². The van der Waals surface area contributed by atoms with Crippen molar-refractivity contribution in [3.05, 3.63) is 77.5 Å². The summed E-state index contributed by atoms with van der Waals surface area (Å²) in [7, 11) is 0. The maximum Gasteiger partial charge on any atom is 0.270 e. The minimum absolute atomic E-state index is 0.0481. The normalized spacial score (nSPS) is 11.6. The molecule has 0 bridgehead atoms. The number of pyridine rings is 1. The Balaban J connectivity index is 1.43. The molecule has 4 rings (SSSR count). The molecule has 3 N–H and O–H groups in total. The Hall–Kier alpha value is -3.81. The van der Waals surface area contributed by atoms with E-state index in [1.165, 1.54) is 12.1 Å². The fourth-order valence-corrected chi connectivity index (χ4v) is 3.52. The Bertz CT molecular complexity index is 1260. The highest BCUT2D eigenvalue weighted by atomic mass is 19.3. The van der Waals surface area contributed by atoms with E-state index in [4.69, 9.17) is 5.73 Å². The van der Waals surface area contributed by atoms with Crippen LogP contribution < -0.4 is 11.1 Å². The van der Waals surface area contributed by atoms with E-state index in [1.54, 1.807) is 23.7 Å². The summed E-state index contributed by atoms with van der Waals surface area (Å²) in [5.74, 6) is -2.92. The monoisotopic (exact) mass is 421 g/mol. The lowest BCUT2D eigenvalue weighted by molar-refractivity contribution is -0.115. The van der Waals surface area contributed by atoms with Crippen molar-refractivity contribution in [1.82, 2.24) is 14.6 Å². The molecule has 0 aliphatic carbocycles. The lowest BCUT2D eigenvalue weighted by Crippen LogP contribution is -2.15. The lowest BCUT2D eigenvalue weighted by Gasteiger charge is -2.15. The summed E-state index contributed by atoms with van der Waals surface area (Å²) in [5, 5.41) is 6.82. The molecule has 0 saturated carbocycles. The molecule has 2 aromatic carbocycles. The van der Waals surface area contributed by atoms with E-state index >= 15 is 0 Å². The molecule has 4 aromatic rings. The molecule has 0 spiro atoms. The molecule has 0 unspecified atom stereocenters. The van der Waals surface area contributed by atoms with Gasteiger partial charge in [0.05, 0.1) is 6.42 Å². The molecular formula is C23H21F2N5O. The fourth-order valence-electron chi connectivity index (χ4n) is 3.52. The highest BCUT2D eigenvalue weighted by molar-refractivity contribution is 5.92. The van der Waals surface area contributed by atoms with Gasteiger partial charge in [-0.25, -0.2) is 13.3 Å². The van der Waals surface area contributed by atoms with Crippen LogP contribution in [0, 0.1) is 6.92 Å². The highest BCUT2D eigenvalue weighted by Crippen LogP contribution is 2.31. The van der Waals surface area contributed by atoms with Gasteiger partial charge >= 0.3 is 0 Å². The number of nitrogens with two attached hydrogens (primary N) is 1. The number of aromatic nitrogens is 3. The second-order valence-corrected chi connectivity index (χ2v) is 7.53. The van der Waals surface area contributed by atoms with E-state index in [-0.39, 0.29) is 23.8 Å². The van der Waals surface area contributed by atoms with Crippen molar-refractivity contribution in [1.29, 1.82) is 0 Å². The number of rotatable bonds is 5. The fraction of sp³-hybridized carbons (Fsp3) is 0.174. The minimum Gasteiger partial charge on any atom is -0.366 e. The summed E-state index contributed by atoms with van der Waals surface area (Å²) in [4.78, 5) is 16.5. The lowest BCUT2D eigenvalue weighted by atomic mass is 10.0. The Morgan fingerprint density at radius 1 is 1.10 bits per heavy atom. The van der Waals surface area contributed by atoms with E-state index in [9.17, 15) is 13.6 Å². The third kappa shape index (κ3) is 4.53. The summed E-state index contributed by atoms with van der Waals surface area (Å²) < 4.78 is 28.7. The minimum atomic E-state index is -2.92. The van der Waals surface area contributed by atoms with Gasteiger partial charge < -0.3 is 11.1 Å². The Kier molecular flexibility index (Phi) is 5.14. The number of carbonyl (C=O) groups excluding carboxylic acids is 1. The van der Waals surface area contributed by atoms with Crippen molar-refractivity contribution >= 4 is 23.2 Å². The van der Waals surface area contributed by atoms with Crippen LogP contribution in [0.25, 0.3) is 16.8 Å². The number of nitrogens with zero attached hydrogens (tertiary/aromatic N) is 3. The molecule has 31 heavy (non-hydrogen) atoms. The van der Waals surface area contributed by atoms with Crippen LogP contribution in [0.1, 0.15) is 23.6 Å². The summed E-state index contributed by atoms with van der Waals surface area (Å²) >= 11 is 0. The zero-order valence-electron chi connectivity index (χ0n) is 17.1. The number of fused-ring (bicyclic) bond motifs is 1. The average Bonchev–Trinajstić information content (AvgIpc) is 3.06. The number of anilines is 2. The van der Waals surface area contributed by atoms with E-state index in [1.807, 2.05) is 36.4 Å². The third-order valence-corrected chi connectivity index (χ3v) is 4.99. The maximum absolute atomic E-state index is 13.5. The molecule has 0 radical (unpaired) electrons. The Morgan fingerprint density at radius 3 is 2.52 bits per heavy atom. The molecule has 158 valence electrons. The highest BCUT2D eigenvalue weighted by Gasteiger charge is 2.26. The van der Waals surface area contributed by atoms with Crippen molar-refractivity contribution < 1.29 is 13.6 Å². The van der Waals surface area contributed by atoms with Crippen molar-refractivity contribution in [3.8, 4) is 11.1 Å². The van der Waals surface area contributed by atoms with Crippen LogP contribution in [0.15, 0.2) is 60.8 Å². The van der Waals surface area contributed by atoms with Gasteiger partial charge in [-0.15, -0.1) is 5.10 Å². The van der Waals surface area contributed by atoms with Gasteiger partial charge in [-0.3, -0.25) is 4.79 Å². The number of alkyl halides is 2. The number of hydrogen-bond donors (Lipinski definition) is 2. The summed E-state index contributed by atoms with van der Waals surface area (Å²) in [5.41, 5.74) is 9.92. The van der Waals surface area contributed by atoms with Crippen molar-refractivity contribution in [2.75, 3.05) is 11.1 Å². The molecule has 6 nitrogen and oxygen atoms in total. The number of amides is 1. The van der Waals surface area contributed by atoms with Gasteiger partial charge in [0.25, 0.3) is 5.92 Å². The molecule has 1 amide bonds. The van der Waals surface area contributed by atoms with Crippen LogP contribution in [-0.2, 0) is 17.1 Å². The summed E-state index contributed by atoms with van der Waals surface area (Å²) in [6.07, 6.45) is 1.96. The van der Waals surface area contributed by atoms with Crippen LogP contribution in [0.5, 0.6) is 0 Å². The Labute approximate surface area is 177 Å². The number of nitrogens with one attached hydrogen (secondary N) is 1. The van der Waals surface area contributed by atoms with Gasteiger partial charge in [-0.05, 0) is 53.4 Å². The maximum atomic E-state index is 13.5. The zero-order chi connectivity index (χ0) is 22.2. The zero-order valence-corrected chi connectivity index (χ0v) is 17.1. The van der Waals surface area contributed by atoms with Crippen LogP contribution in [0.4, 0.5) is 20.4 Å². The Morgan fingerprint density at radius 2 is 1.84 bits per heavy atom.